The number of amides is 1. The molecular formula is C17H22ClN5O2. The number of carbonyl (C=O) groups is 1. The van der Waals surface area contributed by atoms with Crippen molar-refractivity contribution in [3.8, 4) is 5.69 Å². The smallest absolute Gasteiger partial charge is 0.410 e. The molecule has 1 aliphatic carbocycles. The van der Waals surface area contributed by atoms with Crippen LogP contribution >= 0.6 is 11.6 Å². The van der Waals surface area contributed by atoms with Gasteiger partial charge in [-0.3, -0.25) is 4.90 Å². The van der Waals surface area contributed by atoms with Gasteiger partial charge in [0.2, 0.25) is 0 Å². The Kier molecular flexibility index (Phi) is 4.94. The van der Waals surface area contributed by atoms with Gasteiger partial charge in [0.1, 0.15) is 5.54 Å². The summed E-state index contributed by atoms with van der Waals surface area (Å²) < 4.78 is 6.67. The molecule has 0 N–H and O–H groups in total. The van der Waals surface area contributed by atoms with E-state index in [9.17, 15) is 4.79 Å². The van der Waals surface area contributed by atoms with Gasteiger partial charge in [-0.2, -0.15) is 4.68 Å². The van der Waals surface area contributed by atoms with E-state index in [0.717, 1.165) is 43.4 Å². The maximum atomic E-state index is 12.3. The van der Waals surface area contributed by atoms with E-state index in [1.165, 1.54) is 7.11 Å². The lowest BCUT2D eigenvalue weighted by Crippen LogP contribution is -2.50. The Morgan fingerprint density at radius 1 is 1.32 bits per heavy atom. The number of hydrogen-bond acceptors (Lipinski definition) is 5. The molecule has 1 aromatic heterocycles. The predicted octanol–water partition coefficient (Wildman–Crippen LogP) is 3.48. The molecule has 0 saturated heterocycles. The molecule has 0 bridgehead atoms. The van der Waals surface area contributed by atoms with Crippen molar-refractivity contribution in [3.05, 3.63) is 34.6 Å². The summed E-state index contributed by atoms with van der Waals surface area (Å²) >= 11 is 6.27. The van der Waals surface area contributed by atoms with Crippen LogP contribution in [0.4, 0.5) is 4.79 Å². The van der Waals surface area contributed by atoms with Crippen molar-refractivity contribution in [2.75, 3.05) is 14.2 Å². The van der Waals surface area contributed by atoms with Gasteiger partial charge in [-0.05, 0) is 47.9 Å². The van der Waals surface area contributed by atoms with Gasteiger partial charge in [0.15, 0.2) is 5.82 Å². The van der Waals surface area contributed by atoms with Crippen molar-refractivity contribution < 1.29 is 9.53 Å². The van der Waals surface area contributed by atoms with Gasteiger partial charge in [0.05, 0.1) is 12.8 Å². The Hall–Kier alpha value is -2.15. The molecule has 1 aromatic carbocycles. The predicted molar refractivity (Wildman–Crippen MR) is 93.8 cm³/mol. The van der Waals surface area contributed by atoms with Crippen molar-refractivity contribution in [1.29, 1.82) is 0 Å². The quantitative estimate of drug-likeness (QED) is 0.834. The van der Waals surface area contributed by atoms with Gasteiger partial charge < -0.3 is 4.74 Å². The second kappa shape index (κ2) is 7.00. The van der Waals surface area contributed by atoms with Gasteiger partial charge in [-0.1, -0.05) is 36.9 Å². The van der Waals surface area contributed by atoms with Crippen molar-refractivity contribution in [1.82, 2.24) is 25.1 Å². The van der Waals surface area contributed by atoms with Crippen LogP contribution in [0.25, 0.3) is 5.69 Å². The molecule has 2 aromatic rings. The Bertz CT molecular complexity index is 770. The van der Waals surface area contributed by atoms with E-state index in [1.54, 1.807) is 16.6 Å². The van der Waals surface area contributed by atoms with E-state index >= 15 is 0 Å². The summed E-state index contributed by atoms with van der Waals surface area (Å²) in [6.45, 7) is 1.93. The van der Waals surface area contributed by atoms with Crippen molar-refractivity contribution >= 4 is 17.7 Å². The van der Waals surface area contributed by atoms with Crippen LogP contribution in [0.15, 0.2) is 18.2 Å². The Morgan fingerprint density at radius 2 is 2.04 bits per heavy atom. The van der Waals surface area contributed by atoms with Gasteiger partial charge >= 0.3 is 6.09 Å². The normalized spacial score (nSPS) is 16.5. The van der Waals surface area contributed by atoms with Crippen LogP contribution in [0.3, 0.4) is 0 Å². The number of nitrogens with zero attached hydrogens (tertiary/aromatic N) is 5. The Morgan fingerprint density at radius 3 is 2.72 bits per heavy atom. The molecule has 1 amide bonds. The number of rotatable bonds is 3. The van der Waals surface area contributed by atoms with Crippen LogP contribution < -0.4 is 0 Å². The molecule has 3 rings (SSSR count). The van der Waals surface area contributed by atoms with Gasteiger partial charge in [0.25, 0.3) is 0 Å². The Balaban J connectivity index is 2.14. The zero-order chi connectivity index (χ0) is 18.0. The molecule has 25 heavy (non-hydrogen) atoms. The van der Waals surface area contributed by atoms with E-state index in [0.29, 0.717) is 10.8 Å². The summed E-state index contributed by atoms with van der Waals surface area (Å²) in [7, 11) is 3.14. The minimum atomic E-state index is -0.594. The first-order valence-electron chi connectivity index (χ1n) is 8.37. The highest BCUT2D eigenvalue weighted by molar-refractivity contribution is 6.31. The second-order valence-electron chi connectivity index (χ2n) is 6.42. The fourth-order valence-electron chi connectivity index (χ4n) is 3.62. The van der Waals surface area contributed by atoms with Crippen LogP contribution in [0.1, 0.15) is 43.5 Å². The molecule has 1 heterocycles. The number of hydrogen-bond donors (Lipinski definition) is 0. The fourth-order valence-corrected chi connectivity index (χ4v) is 3.79. The summed E-state index contributed by atoms with van der Waals surface area (Å²) in [6.07, 6.45) is 4.33. The minimum Gasteiger partial charge on any atom is -0.453 e. The van der Waals surface area contributed by atoms with Crippen LogP contribution in [0.5, 0.6) is 0 Å². The molecule has 0 radical (unpaired) electrons. The monoisotopic (exact) mass is 363 g/mol. The van der Waals surface area contributed by atoms with E-state index in [1.807, 2.05) is 25.1 Å². The molecule has 1 aliphatic rings. The van der Waals surface area contributed by atoms with Crippen LogP contribution in [0.2, 0.25) is 5.02 Å². The first kappa shape index (κ1) is 17.7. The number of carbonyl (C=O) groups excluding carboxylic acids is 1. The molecule has 134 valence electrons. The average molecular weight is 364 g/mol. The van der Waals surface area contributed by atoms with E-state index in [-0.39, 0.29) is 6.09 Å². The van der Waals surface area contributed by atoms with Crippen molar-refractivity contribution in [3.63, 3.8) is 0 Å². The molecular weight excluding hydrogens is 342 g/mol. The van der Waals surface area contributed by atoms with Gasteiger partial charge in [-0.25, -0.2) is 4.79 Å². The van der Waals surface area contributed by atoms with Crippen LogP contribution in [-0.2, 0) is 10.3 Å². The lowest BCUT2D eigenvalue weighted by molar-refractivity contribution is 0.0472. The number of halogens is 1. The van der Waals surface area contributed by atoms with Crippen LogP contribution in [0, 0.1) is 6.92 Å². The number of benzene rings is 1. The summed E-state index contributed by atoms with van der Waals surface area (Å²) in [6, 6.07) is 5.63. The number of ether oxygens (including phenoxy) is 1. The van der Waals surface area contributed by atoms with Gasteiger partial charge in [0, 0.05) is 12.1 Å². The molecule has 7 nitrogen and oxygen atoms in total. The number of methoxy groups -OCH3 is 1. The number of tetrazole rings is 1. The third-order valence-corrected chi connectivity index (χ3v) is 5.53. The first-order chi connectivity index (χ1) is 12.0. The Labute approximate surface area is 151 Å². The average Bonchev–Trinajstić information content (AvgIpc) is 3.13. The topological polar surface area (TPSA) is 73.1 Å². The molecule has 0 unspecified atom stereocenters. The highest BCUT2D eigenvalue weighted by Gasteiger charge is 2.45. The summed E-state index contributed by atoms with van der Waals surface area (Å²) in [4.78, 5) is 13.9. The highest BCUT2D eigenvalue weighted by atomic mass is 35.5. The van der Waals surface area contributed by atoms with Gasteiger partial charge in [-0.15, -0.1) is 5.10 Å². The minimum absolute atomic E-state index is 0.390. The molecule has 0 spiro atoms. The highest BCUT2D eigenvalue weighted by Crippen LogP contribution is 2.41. The molecule has 0 atom stereocenters. The largest absolute Gasteiger partial charge is 0.453 e. The molecule has 1 fully saturated rings. The standard InChI is InChI=1S/C17H22ClN5O2/c1-12-13(18)8-7-9-14(12)23-15(19-20-21-23)17(10-5-4-6-11-17)22(2)16(24)25-3/h7-9H,4-6,10-11H2,1-3H3. The van der Waals surface area contributed by atoms with E-state index in [4.69, 9.17) is 16.3 Å². The van der Waals surface area contributed by atoms with Crippen LogP contribution in [-0.4, -0.2) is 45.4 Å². The van der Waals surface area contributed by atoms with Crippen molar-refractivity contribution in [2.45, 2.75) is 44.6 Å². The number of aromatic nitrogens is 4. The first-order valence-corrected chi connectivity index (χ1v) is 8.75. The third kappa shape index (κ3) is 2.97. The fraction of sp³-hybridized carbons (Fsp3) is 0.529. The second-order valence-corrected chi connectivity index (χ2v) is 6.83. The zero-order valence-electron chi connectivity index (χ0n) is 14.7. The molecule has 0 aliphatic heterocycles. The summed E-state index contributed by atoms with van der Waals surface area (Å²) in [5.74, 6) is 0.644. The van der Waals surface area contributed by atoms with E-state index in [2.05, 4.69) is 15.5 Å². The molecule has 8 heteroatoms. The lowest BCUT2D eigenvalue weighted by atomic mass is 9.79. The van der Waals surface area contributed by atoms with Crippen molar-refractivity contribution in [2.24, 2.45) is 0 Å². The SMILES string of the molecule is COC(=O)N(C)C1(c2nnnn2-c2cccc(Cl)c2C)CCCCC1. The maximum absolute atomic E-state index is 12.3. The maximum Gasteiger partial charge on any atom is 0.410 e. The zero-order valence-corrected chi connectivity index (χ0v) is 15.5. The van der Waals surface area contributed by atoms with E-state index < -0.39 is 5.54 Å². The summed E-state index contributed by atoms with van der Waals surface area (Å²) in [5, 5.41) is 13.0. The lowest BCUT2D eigenvalue weighted by Gasteiger charge is -2.42. The summed E-state index contributed by atoms with van der Waals surface area (Å²) in [5.41, 5.74) is 1.11. The third-order valence-electron chi connectivity index (χ3n) is 5.12. The molecule has 1 saturated carbocycles.